The average molecular weight is 426 g/mol. The van der Waals surface area contributed by atoms with Crippen LogP contribution in [0.4, 0.5) is 11.4 Å². The first-order valence-corrected chi connectivity index (χ1v) is 10.3. The van der Waals surface area contributed by atoms with Crippen LogP contribution in [-0.2, 0) is 11.3 Å². The predicted molar refractivity (Wildman–Crippen MR) is 115 cm³/mol. The summed E-state index contributed by atoms with van der Waals surface area (Å²) in [6, 6.07) is 10.2. The molecule has 1 N–H and O–H groups in total. The Hall–Kier alpha value is -3.17. The van der Waals surface area contributed by atoms with Gasteiger partial charge in [0.05, 0.1) is 11.0 Å². The lowest BCUT2D eigenvalue weighted by Gasteiger charge is -2.37. The Bertz CT molecular complexity index is 988. The molecule has 2 aromatic rings. The van der Waals surface area contributed by atoms with Crippen LogP contribution in [-0.4, -0.2) is 59.6 Å². The summed E-state index contributed by atoms with van der Waals surface area (Å²) in [5, 5.41) is 13.8. The van der Waals surface area contributed by atoms with Crippen molar-refractivity contribution in [2.24, 2.45) is 0 Å². The normalized spacial score (nSPS) is 17.4. The standard InChI is InChI=1S/C22H26N4O5/c1-15-11-18(26(28)29)4-5-19(15)23-22(27)16(2)25-9-7-24(8-10-25)13-17-3-6-20-21(12-17)31-14-30-20/h3-6,11-12,16H,7-10,13-14H2,1-2H3,(H,23,27)/t16-/m0/s1. The van der Waals surface area contributed by atoms with E-state index in [0.717, 1.165) is 44.2 Å². The summed E-state index contributed by atoms with van der Waals surface area (Å²) >= 11 is 0. The van der Waals surface area contributed by atoms with Gasteiger partial charge in [-0.2, -0.15) is 0 Å². The van der Waals surface area contributed by atoms with Gasteiger partial charge in [-0.25, -0.2) is 0 Å². The fraction of sp³-hybridized carbons (Fsp3) is 0.409. The molecule has 2 aromatic carbocycles. The van der Waals surface area contributed by atoms with Crippen molar-refractivity contribution >= 4 is 17.3 Å². The number of hydrogen-bond donors (Lipinski definition) is 1. The van der Waals surface area contributed by atoms with E-state index in [1.165, 1.54) is 17.7 Å². The number of nitrogens with zero attached hydrogens (tertiary/aromatic N) is 3. The molecular formula is C22H26N4O5. The first-order chi connectivity index (χ1) is 14.9. The summed E-state index contributed by atoms with van der Waals surface area (Å²) in [6.45, 7) is 8.05. The zero-order chi connectivity index (χ0) is 22.0. The molecule has 1 atom stereocenters. The molecule has 9 nitrogen and oxygen atoms in total. The maximum Gasteiger partial charge on any atom is 0.269 e. The van der Waals surface area contributed by atoms with Crippen molar-refractivity contribution < 1.29 is 19.2 Å². The second kappa shape index (κ2) is 8.91. The number of aryl methyl sites for hydroxylation is 1. The Balaban J connectivity index is 1.29. The highest BCUT2D eigenvalue weighted by atomic mass is 16.7. The summed E-state index contributed by atoms with van der Waals surface area (Å²) in [5.41, 5.74) is 2.46. The van der Waals surface area contributed by atoms with Crippen molar-refractivity contribution in [1.82, 2.24) is 9.80 Å². The van der Waals surface area contributed by atoms with Crippen molar-refractivity contribution in [2.45, 2.75) is 26.4 Å². The minimum Gasteiger partial charge on any atom is -0.454 e. The molecule has 164 valence electrons. The highest BCUT2D eigenvalue weighted by Crippen LogP contribution is 2.33. The number of fused-ring (bicyclic) bond motifs is 1. The van der Waals surface area contributed by atoms with Crippen LogP contribution in [0.5, 0.6) is 11.5 Å². The quantitative estimate of drug-likeness (QED) is 0.560. The van der Waals surface area contributed by atoms with E-state index in [0.29, 0.717) is 11.3 Å². The monoisotopic (exact) mass is 426 g/mol. The maximum atomic E-state index is 12.7. The van der Waals surface area contributed by atoms with Gasteiger partial charge in [-0.1, -0.05) is 6.07 Å². The third-order valence-electron chi connectivity index (χ3n) is 5.86. The molecule has 1 saturated heterocycles. The molecule has 1 fully saturated rings. The average Bonchev–Trinajstić information content (AvgIpc) is 3.23. The number of anilines is 1. The molecule has 0 aliphatic carbocycles. The van der Waals surface area contributed by atoms with E-state index >= 15 is 0 Å². The number of ether oxygens (including phenoxy) is 2. The minimum absolute atomic E-state index is 0.0159. The molecule has 31 heavy (non-hydrogen) atoms. The Morgan fingerprint density at radius 3 is 2.58 bits per heavy atom. The predicted octanol–water partition coefficient (Wildman–Crippen LogP) is 2.78. The number of carbonyl (C=O) groups excluding carboxylic acids is 1. The molecule has 2 heterocycles. The molecular weight excluding hydrogens is 400 g/mol. The number of carbonyl (C=O) groups is 1. The third kappa shape index (κ3) is 4.78. The number of nitrogens with one attached hydrogen (secondary N) is 1. The molecule has 4 rings (SSSR count). The van der Waals surface area contributed by atoms with Crippen LogP contribution < -0.4 is 14.8 Å². The number of benzene rings is 2. The van der Waals surface area contributed by atoms with Gasteiger partial charge in [0, 0.05) is 50.5 Å². The van der Waals surface area contributed by atoms with Crippen LogP contribution in [0.15, 0.2) is 36.4 Å². The number of non-ortho nitro benzene ring substituents is 1. The fourth-order valence-electron chi connectivity index (χ4n) is 3.91. The van der Waals surface area contributed by atoms with Crippen molar-refractivity contribution in [3.05, 3.63) is 57.6 Å². The Morgan fingerprint density at radius 1 is 1.13 bits per heavy atom. The third-order valence-corrected chi connectivity index (χ3v) is 5.86. The van der Waals surface area contributed by atoms with Crippen molar-refractivity contribution in [3.63, 3.8) is 0 Å². The topological polar surface area (TPSA) is 97.2 Å². The van der Waals surface area contributed by atoms with E-state index in [-0.39, 0.29) is 24.4 Å². The van der Waals surface area contributed by atoms with E-state index in [9.17, 15) is 14.9 Å². The second-order valence-corrected chi connectivity index (χ2v) is 7.92. The lowest BCUT2D eigenvalue weighted by atomic mass is 10.1. The summed E-state index contributed by atoms with van der Waals surface area (Å²) < 4.78 is 10.8. The van der Waals surface area contributed by atoms with E-state index in [4.69, 9.17) is 9.47 Å². The molecule has 0 saturated carbocycles. The fourth-order valence-corrected chi connectivity index (χ4v) is 3.91. The van der Waals surface area contributed by atoms with E-state index < -0.39 is 4.92 Å². The van der Waals surface area contributed by atoms with Crippen LogP contribution in [0, 0.1) is 17.0 Å². The summed E-state index contributed by atoms with van der Waals surface area (Å²) in [5.74, 6) is 1.47. The zero-order valence-electron chi connectivity index (χ0n) is 17.7. The van der Waals surface area contributed by atoms with Gasteiger partial charge in [0.2, 0.25) is 12.7 Å². The van der Waals surface area contributed by atoms with Gasteiger partial charge in [0.1, 0.15) is 0 Å². The van der Waals surface area contributed by atoms with Gasteiger partial charge >= 0.3 is 0 Å². The molecule has 2 aliphatic heterocycles. The van der Waals surface area contributed by atoms with Crippen molar-refractivity contribution in [2.75, 3.05) is 38.3 Å². The van der Waals surface area contributed by atoms with Crippen LogP contribution in [0.2, 0.25) is 0 Å². The van der Waals surface area contributed by atoms with Crippen molar-refractivity contribution in [1.29, 1.82) is 0 Å². The molecule has 0 spiro atoms. The van der Waals surface area contributed by atoms with Crippen LogP contribution in [0.3, 0.4) is 0 Å². The SMILES string of the molecule is Cc1cc([N+](=O)[O-])ccc1NC(=O)[C@H](C)N1CCN(Cc2ccc3c(c2)OCO3)CC1. The molecule has 1 amide bonds. The molecule has 0 bridgehead atoms. The number of nitro groups is 1. The highest BCUT2D eigenvalue weighted by Gasteiger charge is 2.26. The number of amides is 1. The van der Waals surface area contributed by atoms with E-state index in [2.05, 4.69) is 21.2 Å². The number of piperazine rings is 1. The van der Waals surface area contributed by atoms with Crippen LogP contribution in [0.1, 0.15) is 18.1 Å². The van der Waals surface area contributed by atoms with Crippen LogP contribution in [0.25, 0.3) is 0 Å². The van der Waals surface area contributed by atoms with Crippen molar-refractivity contribution in [3.8, 4) is 11.5 Å². The second-order valence-electron chi connectivity index (χ2n) is 7.92. The van der Waals surface area contributed by atoms with Gasteiger partial charge in [0.25, 0.3) is 5.69 Å². The number of nitro benzene ring substituents is 1. The zero-order valence-corrected chi connectivity index (χ0v) is 17.7. The first kappa shape index (κ1) is 21.1. The Morgan fingerprint density at radius 2 is 1.87 bits per heavy atom. The molecule has 2 aliphatic rings. The lowest BCUT2D eigenvalue weighted by molar-refractivity contribution is -0.384. The Labute approximate surface area is 180 Å². The molecule has 0 unspecified atom stereocenters. The van der Waals surface area contributed by atoms with Gasteiger partial charge < -0.3 is 14.8 Å². The van der Waals surface area contributed by atoms with Gasteiger partial charge in [-0.15, -0.1) is 0 Å². The van der Waals surface area contributed by atoms with Gasteiger partial charge in [-0.05, 0) is 43.2 Å². The number of rotatable bonds is 6. The number of hydrogen-bond acceptors (Lipinski definition) is 7. The summed E-state index contributed by atoms with van der Waals surface area (Å²) in [6.07, 6.45) is 0. The minimum atomic E-state index is -0.440. The molecule has 0 aromatic heterocycles. The van der Waals surface area contributed by atoms with Crippen LogP contribution >= 0.6 is 0 Å². The first-order valence-electron chi connectivity index (χ1n) is 10.3. The van der Waals surface area contributed by atoms with Gasteiger partial charge in [0.15, 0.2) is 11.5 Å². The maximum absolute atomic E-state index is 12.7. The van der Waals surface area contributed by atoms with E-state index in [1.807, 2.05) is 19.1 Å². The smallest absolute Gasteiger partial charge is 0.269 e. The molecule has 0 radical (unpaired) electrons. The van der Waals surface area contributed by atoms with E-state index in [1.54, 1.807) is 13.0 Å². The summed E-state index contributed by atoms with van der Waals surface area (Å²) in [4.78, 5) is 27.7. The Kier molecular flexibility index (Phi) is 6.06. The lowest BCUT2D eigenvalue weighted by Crippen LogP contribution is -2.52. The highest BCUT2D eigenvalue weighted by molar-refractivity contribution is 5.95. The largest absolute Gasteiger partial charge is 0.454 e. The molecule has 9 heteroatoms. The van der Waals surface area contributed by atoms with Gasteiger partial charge in [-0.3, -0.25) is 24.7 Å². The summed E-state index contributed by atoms with van der Waals surface area (Å²) in [7, 11) is 0.